The lowest BCUT2D eigenvalue weighted by Gasteiger charge is -2.04. The predicted molar refractivity (Wildman–Crippen MR) is 73.2 cm³/mol. The first kappa shape index (κ1) is 14.0. The van der Waals surface area contributed by atoms with Crippen molar-refractivity contribution in [2.24, 2.45) is 0 Å². The van der Waals surface area contributed by atoms with Gasteiger partial charge in [-0.2, -0.15) is 0 Å². The van der Waals surface area contributed by atoms with Crippen LogP contribution in [0.3, 0.4) is 0 Å². The van der Waals surface area contributed by atoms with Gasteiger partial charge in [0.25, 0.3) is 5.91 Å². The van der Waals surface area contributed by atoms with E-state index in [0.29, 0.717) is 24.2 Å². The van der Waals surface area contributed by atoms with Crippen molar-refractivity contribution in [2.75, 3.05) is 6.54 Å². The lowest BCUT2D eigenvalue weighted by atomic mass is 10.1. The third kappa shape index (κ3) is 3.54. The molecule has 0 unspecified atom stereocenters. The van der Waals surface area contributed by atoms with E-state index in [1.807, 2.05) is 0 Å². The zero-order valence-corrected chi connectivity index (χ0v) is 11.1. The highest BCUT2D eigenvalue weighted by molar-refractivity contribution is 5.99. The van der Waals surface area contributed by atoms with Crippen LogP contribution in [0.2, 0.25) is 0 Å². The maximum Gasteiger partial charge on any atom is 0.267 e. The van der Waals surface area contributed by atoms with Crippen molar-refractivity contribution in [3.63, 3.8) is 0 Å². The molecule has 0 radical (unpaired) electrons. The van der Waals surface area contributed by atoms with Crippen molar-refractivity contribution in [3.05, 3.63) is 59.2 Å². The summed E-state index contributed by atoms with van der Waals surface area (Å²) in [5.41, 5.74) is 1.64. The summed E-state index contributed by atoms with van der Waals surface area (Å²) >= 11 is 0. The first-order valence-corrected chi connectivity index (χ1v) is 6.28. The number of carbonyl (C=O) groups is 2. The van der Waals surface area contributed by atoms with E-state index >= 15 is 0 Å². The molecule has 2 N–H and O–H groups in total. The second-order valence-electron chi connectivity index (χ2n) is 4.49. The number of Topliss-reactive ketones (excluding diaryl/α,β-unsaturated/α-hetero) is 1. The van der Waals surface area contributed by atoms with Crippen LogP contribution >= 0.6 is 0 Å². The van der Waals surface area contributed by atoms with Crippen molar-refractivity contribution in [1.82, 2.24) is 10.3 Å². The van der Waals surface area contributed by atoms with Crippen LogP contribution in [0.25, 0.3) is 0 Å². The molecule has 0 saturated carbocycles. The molecule has 0 spiro atoms. The molecule has 2 aromatic rings. The van der Waals surface area contributed by atoms with Gasteiger partial charge in [-0.05, 0) is 37.1 Å². The van der Waals surface area contributed by atoms with Gasteiger partial charge in [-0.3, -0.25) is 9.59 Å². The number of aromatic amines is 1. The molecule has 1 amide bonds. The van der Waals surface area contributed by atoms with Crippen molar-refractivity contribution in [2.45, 2.75) is 13.3 Å². The van der Waals surface area contributed by atoms with Gasteiger partial charge in [-0.1, -0.05) is 12.1 Å². The van der Waals surface area contributed by atoms with Crippen LogP contribution < -0.4 is 5.32 Å². The van der Waals surface area contributed by atoms with Crippen LogP contribution in [0.4, 0.5) is 4.39 Å². The number of carbonyl (C=O) groups excluding carboxylic acids is 2. The molecule has 1 aromatic carbocycles. The summed E-state index contributed by atoms with van der Waals surface area (Å²) in [5, 5.41) is 2.72. The molecule has 2 rings (SSSR count). The van der Waals surface area contributed by atoms with E-state index in [9.17, 15) is 14.0 Å². The zero-order valence-electron chi connectivity index (χ0n) is 11.1. The molecule has 0 bridgehead atoms. The molecule has 4 nitrogen and oxygen atoms in total. The third-order valence-corrected chi connectivity index (χ3v) is 2.92. The first-order chi connectivity index (χ1) is 9.56. The van der Waals surface area contributed by atoms with Crippen molar-refractivity contribution in [1.29, 1.82) is 0 Å². The Hall–Kier alpha value is -2.43. The molecule has 0 aliphatic heterocycles. The normalized spacial score (nSPS) is 10.3. The number of ketones is 1. The van der Waals surface area contributed by atoms with Crippen LogP contribution in [0.1, 0.15) is 33.3 Å². The van der Waals surface area contributed by atoms with E-state index in [0.717, 1.165) is 5.56 Å². The minimum atomic E-state index is -0.288. The Morgan fingerprint density at radius 2 is 2.10 bits per heavy atom. The third-order valence-electron chi connectivity index (χ3n) is 2.92. The average molecular weight is 274 g/mol. The van der Waals surface area contributed by atoms with Gasteiger partial charge in [0.05, 0.1) is 0 Å². The molecule has 0 aliphatic carbocycles. The molecule has 0 atom stereocenters. The summed E-state index contributed by atoms with van der Waals surface area (Å²) in [6.07, 6.45) is 2.05. The minimum absolute atomic E-state index is 0.0972. The second kappa shape index (κ2) is 6.14. The van der Waals surface area contributed by atoms with Gasteiger partial charge in [-0.25, -0.2) is 4.39 Å². The Balaban J connectivity index is 1.87. The summed E-state index contributed by atoms with van der Waals surface area (Å²) < 4.78 is 13.0. The Labute approximate surface area is 116 Å². The van der Waals surface area contributed by atoms with Crippen LogP contribution in [0.5, 0.6) is 0 Å². The Morgan fingerprint density at radius 3 is 2.75 bits per heavy atom. The van der Waals surface area contributed by atoms with Crippen LogP contribution in [-0.4, -0.2) is 23.2 Å². The largest absolute Gasteiger partial charge is 0.356 e. The SMILES string of the molecule is CC(=O)c1c[nH]c(C(=O)NCCc2cccc(F)c2)c1. The summed E-state index contributed by atoms with van der Waals surface area (Å²) in [6, 6.07) is 7.77. The molecule has 0 saturated heterocycles. The molecule has 20 heavy (non-hydrogen) atoms. The number of halogens is 1. The van der Waals surface area contributed by atoms with E-state index in [1.165, 1.54) is 31.3 Å². The number of aromatic nitrogens is 1. The van der Waals surface area contributed by atoms with Crippen molar-refractivity contribution < 1.29 is 14.0 Å². The number of benzene rings is 1. The fourth-order valence-electron chi connectivity index (χ4n) is 1.84. The fraction of sp³-hybridized carbons (Fsp3) is 0.200. The summed E-state index contributed by atoms with van der Waals surface area (Å²) in [7, 11) is 0. The summed E-state index contributed by atoms with van der Waals surface area (Å²) in [5.74, 6) is -0.668. The van der Waals surface area contributed by atoms with Gasteiger partial charge in [0, 0.05) is 18.3 Å². The van der Waals surface area contributed by atoms with E-state index in [4.69, 9.17) is 0 Å². The Bertz CT molecular complexity index is 634. The van der Waals surface area contributed by atoms with Gasteiger partial charge in [0.2, 0.25) is 0 Å². The quantitative estimate of drug-likeness (QED) is 0.822. The number of H-pyrrole nitrogens is 1. The predicted octanol–water partition coefficient (Wildman–Crippen LogP) is 2.33. The van der Waals surface area contributed by atoms with Crippen LogP contribution in [0, 0.1) is 5.82 Å². The van der Waals surface area contributed by atoms with Gasteiger partial charge < -0.3 is 10.3 Å². The highest BCUT2D eigenvalue weighted by Gasteiger charge is 2.10. The van der Waals surface area contributed by atoms with E-state index < -0.39 is 0 Å². The number of rotatable bonds is 5. The summed E-state index contributed by atoms with van der Waals surface area (Å²) in [4.78, 5) is 25.7. The molecule has 1 heterocycles. The fourth-order valence-corrected chi connectivity index (χ4v) is 1.84. The lowest BCUT2D eigenvalue weighted by Crippen LogP contribution is -2.25. The maximum atomic E-state index is 13.0. The van der Waals surface area contributed by atoms with Crippen LogP contribution in [-0.2, 0) is 6.42 Å². The highest BCUT2D eigenvalue weighted by Crippen LogP contribution is 2.05. The number of nitrogens with one attached hydrogen (secondary N) is 2. The van der Waals surface area contributed by atoms with Gasteiger partial charge in [0.15, 0.2) is 5.78 Å². The molecule has 5 heteroatoms. The topological polar surface area (TPSA) is 62.0 Å². The van der Waals surface area contributed by atoms with E-state index in [1.54, 1.807) is 12.1 Å². The molecule has 1 aromatic heterocycles. The first-order valence-electron chi connectivity index (χ1n) is 6.28. The average Bonchev–Trinajstić information content (AvgIpc) is 2.88. The maximum absolute atomic E-state index is 13.0. The van der Waals surface area contributed by atoms with Crippen molar-refractivity contribution >= 4 is 11.7 Å². The van der Waals surface area contributed by atoms with Gasteiger partial charge >= 0.3 is 0 Å². The van der Waals surface area contributed by atoms with Crippen molar-refractivity contribution in [3.8, 4) is 0 Å². The monoisotopic (exact) mass is 274 g/mol. The molecular formula is C15H15FN2O2. The van der Waals surface area contributed by atoms with E-state index in [-0.39, 0.29) is 17.5 Å². The molecular weight excluding hydrogens is 259 g/mol. The van der Waals surface area contributed by atoms with Gasteiger partial charge in [-0.15, -0.1) is 0 Å². The van der Waals surface area contributed by atoms with Crippen LogP contribution in [0.15, 0.2) is 36.5 Å². The smallest absolute Gasteiger partial charge is 0.267 e. The second-order valence-corrected chi connectivity index (χ2v) is 4.49. The molecule has 104 valence electrons. The Morgan fingerprint density at radius 1 is 1.30 bits per heavy atom. The zero-order chi connectivity index (χ0) is 14.5. The molecule has 0 aliphatic rings. The lowest BCUT2D eigenvalue weighted by molar-refractivity contribution is 0.0949. The number of hydrogen-bond donors (Lipinski definition) is 2. The number of amides is 1. The van der Waals surface area contributed by atoms with E-state index in [2.05, 4.69) is 10.3 Å². The Kier molecular flexibility index (Phi) is 4.30. The standard InChI is InChI=1S/C15H15FN2O2/c1-10(19)12-8-14(18-9-12)15(20)17-6-5-11-3-2-4-13(16)7-11/h2-4,7-9,18H,5-6H2,1H3,(H,17,20). The number of hydrogen-bond acceptors (Lipinski definition) is 2. The molecule has 0 fully saturated rings. The minimum Gasteiger partial charge on any atom is -0.356 e. The highest BCUT2D eigenvalue weighted by atomic mass is 19.1. The van der Waals surface area contributed by atoms with Gasteiger partial charge in [0.1, 0.15) is 11.5 Å². The summed E-state index contributed by atoms with van der Waals surface area (Å²) in [6.45, 7) is 1.84.